The number of nitrogens with one attached hydrogen (secondary N) is 2. The van der Waals surface area contributed by atoms with Gasteiger partial charge in [0.25, 0.3) is 0 Å². The second-order valence-corrected chi connectivity index (χ2v) is 7.05. The van der Waals surface area contributed by atoms with Crippen LogP contribution < -0.4 is 10.6 Å². The predicted octanol–water partition coefficient (Wildman–Crippen LogP) is 1.35. The maximum absolute atomic E-state index is 13.0. The molecular formula is C21H28N4O4. The second kappa shape index (κ2) is 11.1. The van der Waals surface area contributed by atoms with E-state index in [4.69, 9.17) is 5.11 Å². The van der Waals surface area contributed by atoms with E-state index in [1.165, 1.54) is 18.3 Å². The maximum atomic E-state index is 13.0. The van der Waals surface area contributed by atoms with E-state index in [-0.39, 0.29) is 30.3 Å². The molecule has 0 aliphatic heterocycles. The molecule has 1 aromatic rings. The summed E-state index contributed by atoms with van der Waals surface area (Å²) in [6.07, 6.45) is 6.86. The van der Waals surface area contributed by atoms with Crippen LogP contribution in [0.25, 0.3) is 0 Å². The quantitative estimate of drug-likeness (QED) is 0.431. The van der Waals surface area contributed by atoms with Gasteiger partial charge in [0.05, 0.1) is 23.7 Å². The van der Waals surface area contributed by atoms with Crippen LogP contribution in [0.2, 0.25) is 0 Å². The van der Waals surface area contributed by atoms with Gasteiger partial charge in [0.2, 0.25) is 11.8 Å². The van der Waals surface area contributed by atoms with Gasteiger partial charge in [0, 0.05) is 32.4 Å². The third-order valence-electron chi connectivity index (χ3n) is 4.58. The number of carbonyl (C=O) groups is 3. The number of carbonyl (C=O) groups excluding carboxylic acids is 2. The highest BCUT2D eigenvalue weighted by Crippen LogP contribution is 2.27. The fourth-order valence-corrected chi connectivity index (χ4v) is 2.81. The molecule has 1 heterocycles. The van der Waals surface area contributed by atoms with Crippen molar-refractivity contribution in [2.75, 3.05) is 19.6 Å². The summed E-state index contributed by atoms with van der Waals surface area (Å²) in [5.41, 5.74) is 0.585. The molecule has 0 aromatic carbocycles. The number of pyridine rings is 1. The van der Waals surface area contributed by atoms with Crippen LogP contribution >= 0.6 is 0 Å². The lowest BCUT2D eigenvalue weighted by Crippen LogP contribution is -2.48. The molecule has 0 radical (unpaired) electrons. The summed E-state index contributed by atoms with van der Waals surface area (Å²) >= 11 is 0. The summed E-state index contributed by atoms with van der Waals surface area (Å²) in [6.45, 7) is 8.79. The highest BCUT2D eigenvalue weighted by atomic mass is 16.4. The molecule has 1 aromatic heterocycles. The first-order valence-electron chi connectivity index (χ1n) is 9.63. The van der Waals surface area contributed by atoms with E-state index < -0.39 is 12.0 Å². The fourth-order valence-electron chi connectivity index (χ4n) is 2.81. The zero-order valence-electron chi connectivity index (χ0n) is 16.5. The highest BCUT2D eigenvalue weighted by Gasteiger charge is 2.27. The fraction of sp³-hybridized carbons (Fsp3) is 0.429. The zero-order valence-corrected chi connectivity index (χ0v) is 16.5. The first-order valence-corrected chi connectivity index (χ1v) is 9.63. The topological polar surface area (TPSA) is 112 Å². The molecule has 8 nitrogen and oxygen atoms in total. The molecule has 3 N–H and O–H groups in total. The van der Waals surface area contributed by atoms with Crippen LogP contribution in [-0.4, -0.2) is 58.5 Å². The summed E-state index contributed by atoms with van der Waals surface area (Å²) in [6, 6.07) is 2.06. The molecule has 1 unspecified atom stereocenters. The Labute approximate surface area is 170 Å². The van der Waals surface area contributed by atoms with E-state index in [1.54, 1.807) is 17.1 Å². The van der Waals surface area contributed by atoms with Crippen LogP contribution in [-0.2, 0) is 16.1 Å². The van der Waals surface area contributed by atoms with Gasteiger partial charge < -0.3 is 15.3 Å². The van der Waals surface area contributed by atoms with Gasteiger partial charge in [-0.3, -0.25) is 19.9 Å². The van der Waals surface area contributed by atoms with Gasteiger partial charge in [0.15, 0.2) is 0 Å². The second-order valence-electron chi connectivity index (χ2n) is 7.05. The maximum Gasteiger partial charge on any atom is 0.335 e. The molecule has 156 valence electrons. The molecule has 1 atom stereocenters. The lowest BCUT2D eigenvalue weighted by atomic mass is 10.1. The summed E-state index contributed by atoms with van der Waals surface area (Å²) in [4.78, 5) is 42.1. The Bertz CT molecular complexity index is 751. The van der Waals surface area contributed by atoms with Crippen LogP contribution in [0.5, 0.6) is 0 Å². The highest BCUT2D eigenvalue weighted by molar-refractivity contribution is 5.89. The number of amides is 2. The Balaban J connectivity index is 2.07. The number of carboxylic acids is 1. The van der Waals surface area contributed by atoms with Crippen LogP contribution in [0.15, 0.2) is 43.6 Å². The monoisotopic (exact) mass is 400 g/mol. The molecular weight excluding hydrogens is 372 g/mol. The van der Waals surface area contributed by atoms with Crippen molar-refractivity contribution in [3.05, 3.63) is 54.9 Å². The molecule has 1 fully saturated rings. The van der Waals surface area contributed by atoms with Crippen LogP contribution in [0.1, 0.15) is 35.3 Å². The van der Waals surface area contributed by atoms with Gasteiger partial charge in [0.1, 0.15) is 0 Å². The van der Waals surface area contributed by atoms with Gasteiger partial charge in [-0.2, -0.15) is 0 Å². The molecule has 1 aliphatic carbocycles. The van der Waals surface area contributed by atoms with Crippen molar-refractivity contribution < 1.29 is 19.5 Å². The van der Waals surface area contributed by atoms with Gasteiger partial charge >= 0.3 is 5.97 Å². The third-order valence-corrected chi connectivity index (χ3v) is 4.58. The minimum atomic E-state index is -1.05. The van der Waals surface area contributed by atoms with E-state index in [0.717, 1.165) is 12.8 Å². The SMILES string of the molecule is C=CCN(CC=C)C(=O)C(CC(=O)NCC1CC1)NCc1cc(C(=O)O)ccn1. The first-order chi connectivity index (χ1) is 13.9. The Hall–Kier alpha value is -3.00. The van der Waals surface area contributed by atoms with Crippen LogP contribution in [0, 0.1) is 5.92 Å². The molecule has 2 rings (SSSR count). The molecule has 0 spiro atoms. The van der Waals surface area contributed by atoms with Crippen molar-refractivity contribution in [2.24, 2.45) is 5.92 Å². The Morgan fingerprint density at radius 1 is 1.28 bits per heavy atom. The summed E-state index contributed by atoms with van der Waals surface area (Å²) in [5, 5.41) is 15.0. The minimum Gasteiger partial charge on any atom is -0.478 e. The van der Waals surface area contributed by atoms with Crippen LogP contribution in [0.3, 0.4) is 0 Å². The molecule has 0 bridgehead atoms. The number of rotatable bonds is 13. The molecule has 0 saturated heterocycles. The van der Waals surface area contributed by atoms with E-state index in [9.17, 15) is 14.4 Å². The van der Waals surface area contributed by atoms with E-state index in [0.29, 0.717) is 31.2 Å². The standard InChI is InChI=1S/C21H28N4O4/c1-3-9-25(10-4-2)20(27)18(12-19(26)24-13-15-5-6-15)23-14-17-11-16(21(28)29)7-8-22-17/h3-4,7-8,11,15,18,23H,1-2,5-6,9-10,12-14H2,(H,24,26)(H,28,29). The first kappa shape index (κ1) is 22.3. The lowest BCUT2D eigenvalue weighted by Gasteiger charge is -2.26. The Morgan fingerprint density at radius 3 is 2.55 bits per heavy atom. The molecule has 1 aliphatic rings. The van der Waals surface area contributed by atoms with Crippen LogP contribution in [0.4, 0.5) is 0 Å². The average molecular weight is 400 g/mol. The minimum absolute atomic E-state index is 0.0189. The smallest absolute Gasteiger partial charge is 0.335 e. The molecule has 8 heteroatoms. The summed E-state index contributed by atoms with van der Waals surface area (Å²) in [7, 11) is 0. The molecule has 1 saturated carbocycles. The normalized spacial score (nSPS) is 13.9. The van der Waals surface area contributed by atoms with E-state index in [2.05, 4.69) is 28.8 Å². The van der Waals surface area contributed by atoms with Gasteiger partial charge in [-0.05, 0) is 30.9 Å². The summed E-state index contributed by atoms with van der Waals surface area (Å²) < 4.78 is 0. The Morgan fingerprint density at radius 2 is 1.97 bits per heavy atom. The Kier molecular flexibility index (Phi) is 8.54. The van der Waals surface area contributed by atoms with Gasteiger partial charge in [-0.1, -0.05) is 12.2 Å². The number of hydrogen-bond donors (Lipinski definition) is 3. The third kappa shape index (κ3) is 7.50. The van der Waals surface area contributed by atoms with E-state index in [1.807, 2.05) is 0 Å². The number of hydrogen-bond acceptors (Lipinski definition) is 5. The average Bonchev–Trinajstić information content (AvgIpc) is 3.53. The zero-order chi connectivity index (χ0) is 21.2. The molecule has 2 amide bonds. The lowest BCUT2D eigenvalue weighted by molar-refractivity contribution is -0.135. The largest absolute Gasteiger partial charge is 0.478 e. The number of aromatic nitrogens is 1. The van der Waals surface area contributed by atoms with Gasteiger partial charge in [-0.15, -0.1) is 13.2 Å². The van der Waals surface area contributed by atoms with Crippen molar-refractivity contribution in [1.29, 1.82) is 0 Å². The molecule has 29 heavy (non-hydrogen) atoms. The summed E-state index contributed by atoms with van der Waals surface area (Å²) in [5.74, 6) is -0.959. The number of nitrogens with zero attached hydrogens (tertiary/aromatic N) is 2. The number of carboxylic acid groups (broad SMARTS) is 1. The number of aromatic carboxylic acids is 1. The predicted molar refractivity (Wildman–Crippen MR) is 109 cm³/mol. The van der Waals surface area contributed by atoms with Crippen molar-refractivity contribution >= 4 is 17.8 Å². The van der Waals surface area contributed by atoms with Crippen molar-refractivity contribution in [3.63, 3.8) is 0 Å². The van der Waals surface area contributed by atoms with Crippen molar-refractivity contribution in [2.45, 2.75) is 31.8 Å². The van der Waals surface area contributed by atoms with Gasteiger partial charge in [-0.25, -0.2) is 4.79 Å². The van der Waals surface area contributed by atoms with E-state index >= 15 is 0 Å². The van der Waals surface area contributed by atoms with Crippen molar-refractivity contribution in [3.8, 4) is 0 Å². The van der Waals surface area contributed by atoms with Crippen molar-refractivity contribution in [1.82, 2.24) is 20.5 Å².